The van der Waals surface area contributed by atoms with E-state index in [1.165, 1.54) is 0 Å². The molecule has 0 amide bonds. The van der Waals surface area contributed by atoms with Crippen LogP contribution in [0.2, 0.25) is 0 Å². The smallest absolute Gasteiger partial charge is 0.216 e. The van der Waals surface area contributed by atoms with E-state index in [1.54, 1.807) is 20.3 Å². The molecule has 5 nitrogen and oxygen atoms in total. The van der Waals surface area contributed by atoms with Crippen molar-refractivity contribution in [1.82, 2.24) is 4.72 Å². The van der Waals surface area contributed by atoms with Crippen molar-refractivity contribution in [1.29, 1.82) is 0 Å². The van der Waals surface area contributed by atoms with Crippen LogP contribution in [0.15, 0.2) is 36.4 Å². The molecule has 0 aromatic heterocycles. The van der Waals surface area contributed by atoms with Crippen LogP contribution in [-0.2, 0) is 22.3 Å². The Morgan fingerprint density at radius 3 is 2.12 bits per heavy atom. The number of aryl methyl sites for hydroxylation is 2. The first-order chi connectivity index (χ1) is 11.3. The summed E-state index contributed by atoms with van der Waals surface area (Å²) in [5, 5.41) is 0. The van der Waals surface area contributed by atoms with E-state index in [4.69, 9.17) is 9.47 Å². The van der Waals surface area contributed by atoms with Crippen LogP contribution in [0.3, 0.4) is 0 Å². The Bertz CT molecular complexity index is 799. The summed E-state index contributed by atoms with van der Waals surface area (Å²) in [4.78, 5) is 0. The van der Waals surface area contributed by atoms with E-state index in [-0.39, 0.29) is 12.3 Å². The molecule has 130 valence electrons. The quantitative estimate of drug-likeness (QED) is 0.835. The summed E-state index contributed by atoms with van der Waals surface area (Å²) in [6.45, 7) is 4.09. The second-order valence-corrected chi connectivity index (χ2v) is 7.51. The van der Waals surface area contributed by atoms with Gasteiger partial charge in [-0.15, -0.1) is 0 Å². The summed E-state index contributed by atoms with van der Waals surface area (Å²) in [5.41, 5.74) is 3.65. The predicted octanol–water partition coefficient (Wildman–Crippen LogP) is 2.94. The number of rotatable bonds is 7. The van der Waals surface area contributed by atoms with Crippen LogP contribution in [-0.4, -0.2) is 22.6 Å². The Hall–Kier alpha value is -2.05. The second-order valence-electron chi connectivity index (χ2n) is 5.70. The highest BCUT2D eigenvalue weighted by Gasteiger charge is 2.14. The van der Waals surface area contributed by atoms with Gasteiger partial charge in [0.1, 0.15) is 0 Å². The summed E-state index contributed by atoms with van der Waals surface area (Å²) in [5.74, 6) is 1.16. The number of methoxy groups -OCH3 is 2. The number of sulfonamides is 1. The maximum atomic E-state index is 12.3. The number of hydrogen-bond donors (Lipinski definition) is 1. The van der Waals surface area contributed by atoms with Crippen molar-refractivity contribution in [3.05, 3.63) is 58.7 Å². The van der Waals surface area contributed by atoms with E-state index in [0.717, 1.165) is 22.3 Å². The topological polar surface area (TPSA) is 64.6 Å². The molecule has 0 aliphatic carbocycles. The third-order valence-electron chi connectivity index (χ3n) is 3.80. The minimum Gasteiger partial charge on any atom is -0.493 e. The third-order valence-corrected chi connectivity index (χ3v) is 5.10. The van der Waals surface area contributed by atoms with E-state index in [2.05, 4.69) is 4.72 Å². The van der Waals surface area contributed by atoms with Gasteiger partial charge in [-0.05, 0) is 42.7 Å². The van der Waals surface area contributed by atoms with Gasteiger partial charge in [-0.25, -0.2) is 13.1 Å². The molecule has 0 saturated carbocycles. The average molecular weight is 349 g/mol. The Kier molecular flexibility index (Phi) is 5.85. The molecule has 0 aliphatic rings. The number of benzene rings is 2. The summed E-state index contributed by atoms with van der Waals surface area (Å²) < 4.78 is 37.7. The molecule has 1 N–H and O–H groups in total. The van der Waals surface area contributed by atoms with Crippen molar-refractivity contribution < 1.29 is 17.9 Å². The lowest BCUT2D eigenvalue weighted by Crippen LogP contribution is -2.25. The highest BCUT2D eigenvalue weighted by Crippen LogP contribution is 2.30. The van der Waals surface area contributed by atoms with Gasteiger partial charge in [0.2, 0.25) is 10.0 Å². The SMILES string of the molecule is COc1cc(C)c(CNS(=O)(=O)Cc2ccc(C)cc2)cc1OC. The van der Waals surface area contributed by atoms with Crippen molar-refractivity contribution >= 4 is 10.0 Å². The van der Waals surface area contributed by atoms with Crippen molar-refractivity contribution in [2.45, 2.75) is 26.1 Å². The van der Waals surface area contributed by atoms with Crippen LogP contribution in [0.4, 0.5) is 0 Å². The van der Waals surface area contributed by atoms with Crippen LogP contribution >= 0.6 is 0 Å². The maximum absolute atomic E-state index is 12.3. The first-order valence-electron chi connectivity index (χ1n) is 7.59. The molecule has 0 unspecified atom stereocenters. The van der Waals surface area contributed by atoms with Crippen LogP contribution in [0.1, 0.15) is 22.3 Å². The lowest BCUT2D eigenvalue weighted by Gasteiger charge is -2.13. The zero-order valence-electron chi connectivity index (χ0n) is 14.4. The van der Waals surface area contributed by atoms with Gasteiger partial charge in [0.15, 0.2) is 11.5 Å². The van der Waals surface area contributed by atoms with Gasteiger partial charge in [0.25, 0.3) is 0 Å². The van der Waals surface area contributed by atoms with Crippen LogP contribution in [0.25, 0.3) is 0 Å². The Morgan fingerprint density at radius 2 is 1.54 bits per heavy atom. The molecule has 2 aromatic rings. The summed E-state index contributed by atoms with van der Waals surface area (Å²) in [6.07, 6.45) is 0. The first kappa shape index (κ1) is 18.3. The average Bonchev–Trinajstić information content (AvgIpc) is 2.55. The molecule has 0 atom stereocenters. The molecule has 24 heavy (non-hydrogen) atoms. The zero-order chi connectivity index (χ0) is 17.7. The van der Waals surface area contributed by atoms with Gasteiger partial charge in [0.05, 0.1) is 20.0 Å². The van der Waals surface area contributed by atoms with Crippen molar-refractivity contribution in [3.63, 3.8) is 0 Å². The molecule has 0 saturated heterocycles. The molecule has 0 heterocycles. The van der Waals surface area contributed by atoms with Crippen molar-refractivity contribution in [2.75, 3.05) is 14.2 Å². The number of nitrogens with one attached hydrogen (secondary N) is 1. The largest absolute Gasteiger partial charge is 0.493 e. The second kappa shape index (κ2) is 7.68. The van der Waals surface area contributed by atoms with E-state index in [9.17, 15) is 8.42 Å². The number of ether oxygens (including phenoxy) is 2. The van der Waals surface area contributed by atoms with E-state index in [1.807, 2.05) is 44.2 Å². The van der Waals surface area contributed by atoms with E-state index in [0.29, 0.717) is 11.5 Å². The van der Waals surface area contributed by atoms with Gasteiger partial charge in [0, 0.05) is 6.54 Å². The van der Waals surface area contributed by atoms with Gasteiger partial charge in [-0.2, -0.15) is 0 Å². The third kappa shape index (κ3) is 4.72. The van der Waals surface area contributed by atoms with Crippen LogP contribution in [0.5, 0.6) is 11.5 Å². The lowest BCUT2D eigenvalue weighted by atomic mass is 10.1. The molecular weight excluding hydrogens is 326 g/mol. The predicted molar refractivity (Wildman–Crippen MR) is 94.9 cm³/mol. The zero-order valence-corrected chi connectivity index (χ0v) is 15.2. The van der Waals surface area contributed by atoms with Crippen LogP contribution < -0.4 is 14.2 Å². The fourth-order valence-corrected chi connectivity index (χ4v) is 3.46. The molecule has 2 aromatic carbocycles. The van der Waals surface area contributed by atoms with Gasteiger partial charge in [-0.3, -0.25) is 0 Å². The molecule has 2 rings (SSSR count). The number of hydrogen-bond acceptors (Lipinski definition) is 4. The maximum Gasteiger partial charge on any atom is 0.216 e. The monoisotopic (exact) mass is 349 g/mol. The van der Waals surface area contributed by atoms with Crippen LogP contribution in [0, 0.1) is 13.8 Å². The standard InChI is InChI=1S/C18H23NO4S/c1-13-5-7-15(8-6-13)12-24(20,21)19-11-16-10-18(23-4)17(22-3)9-14(16)2/h5-10,19H,11-12H2,1-4H3. The highest BCUT2D eigenvalue weighted by molar-refractivity contribution is 7.88. The molecule has 6 heteroatoms. The van der Waals surface area contributed by atoms with E-state index >= 15 is 0 Å². The summed E-state index contributed by atoms with van der Waals surface area (Å²) in [6, 6.07) is 11.1. The Balaban J connectivity index is 2.10. The first-order valence-corrected chi connectivity index (χ1v) is 9.24. The van der Waals surface area contributed by atoms with E-state index < -0.39 is 10.0 Å². The molecule has 0 radical (unpaired) electrons. The molecular formula is C18H23NO4S. The minimum absolute atomic E-state index is 0.0420. The van der Waals surface area contributed by atoms with Gasteiger partial charge >= 0.3 is 0 Å². The summed E-state index contributed by atoms with van der Waals surface area (Å²) >= 11 is 0. The fraction of sp³-hybridized carbons (Fsp3) is 0.333. The normalized spacial score (nSPS) is 11.3. The van der Waals surface area contributed by atoms with Gasteiger partial charge in [-0.1, -0.05) is 29.8 Å². The molecule has 0 aliphatic heterocycles. The molecule has 0 fully saturated rings. The molecule has 0 spiro atoms. The lowest BCUT2D eigenvalue weighted by molar-refractivity contribution is 0.354. The van der Waals surface area contributed by atoms with Crippen molar-refractivity contribution in [2.24, 2.45) is 0 Å². The fourth-order valence-electron chi connectivity index (χ4n) is 2.36. The molecule has 0 bridgehead atoms. The summed E-state index contributed by atoms with van der Waals surface area (Å²) in [7, 11) is -0.295. The minimum atomic E-state index is -3.42. The van der Waals surface area contributed by atoms with Crippen molar-refractivity contribution in [3.8, 4) is 11.5 Å². The Labute approximate surface area is 143 Å². The van der Waals surface area contributed by atoms with Gasteiger partial charge < -0.3 is 9.47 Å². The highest BCUT2D eigenvalue weighted by atomic mass is 32.2. The Morgan fingerprint density at radius 1 is 0.958 bits per heavy atom.